The van der Waals surface area contributed by atoms with Crippen LogP contribution in [0.15, 0.2) is 72.8 Å². The number of phenolic OH excluding ortho intramolecular Hbond substituents is 3. The minimum Gasteiger partial charge on any atom is -0.508 e. The highest BCUT2D eigenvalue weighted by atomic mass is 16.5. The van der Waals surface area contributed by atoms with E-state index in [0.29, 0.717) is 11.5 Å². The van der Waals surface area contributed by atoms with E-state index in [-0.39, 0.29) is 17.2 Å². The van der Waals surface area contributed by atoms with Gasteiger partial charge in [-0.15, -0.1) is 0 Å². The first-order valence-electron chi connectivity index (χ1n) is 10.7. The summed E-state index contributed by atoms with van der Waals surface area (Å²) in [6.45, 7) is 7.65. The summed E-state index contributed by atoms with van der Waals surface area (Å²) in [7, 11) is 0. The molecule has 0 spiro atoms. The van der Waals surface area contributed by atoms with Crippen LogP contribution in [-0.4, -0.2) is 15.3 Å². The van der Waals surface area contributed by atoms with Gasteiger partial charge in [0.05, 0.1) is 17.1 Å². The summed E-state index contributed by atoms with van der Waals surface area (Å²) in [6, 6.07) is 21.5. The lowest BCUT2D eigenvalue weighted by molar-refractivity contribution is 0.458. The van der Waals surface area contributed by atoms with Gasteiger partial charge in [0.2, 0.25) is 0 Å². The van der Waals surface area contributed by atoms with Crippen molar-refractivity contribution >= 4 is 17.1 Å². The van der Waals surface area contributed by atoms with Gasteiger partial charge in [-0.25, -0.2) is 0 Å². The van der Waals surface area contributed by atoms with E-state index >= 15 is 0 Å². The number of hydrogen-bond acceptors (Lipinski definition) is 5. The molecule has 0 aromatic heterocycles. The number of hydrogen-bond donors (Lipinski definition) is 3. The Morgan fingerprint density at radius 2 is 1.12 bits per heavy atom. The zero-order valence-corrected chi connectivity index (χ0v) is 19.1. The summed E-state index contributed by atoms with van der Waals surface area (Å²) in [5, 5.41) is 30.6. The molecule has 0 atom stereocenters. The smallest absolute Gasteiger partial charge is 0.151 e. The fraction of sp³-hybridized carbons (Fsp3) is 0.143. The summed E-state index contributed by atoms with van der Waals surface area (Å²) >= 11 is 0. The topological polar surface area (TPSA) is 73.2 Å². The van der Waals surface area contributed by atoms with Crippen LogP contribution < -0.4 is 9.64 Å². The van der Waals surface area contributed by atoms with Crippen LogP contribution in [-0.2, 0) is 0 Å². The van der Waals surface area contributed by atoms with Crippen LogP contribution in [0.25, 0.3) is 0 Å². The third-order valence-corrected chi connectivity index (χ3v) is 5.69. The Morgan fingerprint density at radius 3 is 1.73 bits per heavy atom. The predicted molar refractivity (Wildman–Crippen MR) is 132 cm³/mol. The summed E-state index contributed by atoms with van der Waals surface area (Å²) in [6.07, 6.45) is 0. The maximum atomic E-state index is 10.3. The molecule has 0 fully saturated rings. The van der Waals surface area contributed by atoms with Gasteiger partial charge in [0.25, 0.3) is 0 Å². The van der Waals surface area contributed by atoms with Gasteiger partial charge < -0.3 is 25.0 Å². The number of nitrogens with zero attached hydrogens (tertiary/aromatic N) is 1. The summed E-state index contributed by atoms with van der Waals surface area (Å²) in [5.74, 6) is 1.73. The van der Waals surface area contributed by atoms with Gasteiger partial charge in [-0.3, -0.25) is 0 Å². The quantitative estimate of drug-likeness (QED) is 0.303. The van der Waals surface area contributed by atoms with Crippen molar-refractivity contribution in [3.8, 4) is 28.7 Å². The van der Waals surface area contributed by atoms with Crippen LogP contribution in [0.4, 0.5) is 17.1 Å². The van der Waals surface area contributed by atoms with Crippen molar-refractivity contribution in [2.45, 2.75) is 27.7 Å². The highest BCUT2D eigenvalue weighted by molar-refractivity contribution is 5.84. The number of aromatic hydroxyl groups is 3. The van der Waals surface area contributed by atoms with Crippen molar-refractivity contribution in [1.82, 2.24) is 0 Å². The van der Waals surface area contributed by atoms with E-state index < -0.39 is 0 Å². The second-order valence-corrected chi connectivity index (χ2v) is 8.25. The summed E-state index contributed by atoms with van der Waals surface area (Å²) < 4.78 is 6.36. The third kappa shape index (κ3) is 4.44. The average Bonchev–Trinajstić information content (AvgIpc) is 2.78. The Morgan fingerprint density at radius 1 is 0.545 bits per heavy atom. The number of rotatable bonds is 5. The average molecular weight is 442 g/mol. The third-order valence-electron chi connectivity index (χ3n) is 5.69. The molecule has 3 N–H and O–H groups in total. The van der Waals surface area contributed by atoms with Crippen LogP contribution in [0, 0.1) is 27.7 Å². The number of aryl methyl sites for hydroxylation is 4. The molecule has 4 aromatic carbocycles. The van der Waals surface area contributed by atoms with Crippen molar-refractivity contribution in [1.29, 1.82) is 0 Å². The number of phenols is 3. The number of anilines is 3. The van der Waals surface area contributed by atoms with E-state index in [4.69, 9.17) is 4.74 Å². The first-order valence-corrected chi connectivity index (χ1v) is 10.7. The van der Waals surface area contributed by atoms with Crippen molar-refractivity contribution in [2.75, 3.05) is 4.90 Å². The maximum Gasteiger partial charge on any atom is 0.151 e. The van der Waals surface area contributed by atoms with Crippen molar-refractivity contribution in [3.63, 3.8) is 0 Å². The monoisotopic (exact) mass is 441 g/mol. The van der Waals surface area contributed by atoms with Gasteiger partial charge in [0.15, 0.2) is 5.75 Å². The van der Waals surface area contributed by atoms with Gasteiger partial charge >= 0.3 is 0 Å². The van der Waals surface area contributed by atoms with Crippen molar-refractivity contribution in [2.24, 2.45) is 0 Å². The second-order valence-electron chi connectivity index (χ2n) is 8.25. The molecule has 0 bridgehead atoms. The van der Waals surface area contributed by atoms with E-state index in [1.165, 1.54) is 0 Å². The zero-order chi connectivity index (χ0) is 23.7. The molecular formula is C28H27NO4. The Labute approximate surface area is 193 Å². The lowest BCUT2D eigenvalue weighted by Gasteiger charge is -2.30. The SMILES string of the molecule is Cc1cc(Oc2ccccc2N(c2cc(O)ccc2C)c2cc(O)ccc2C)c(C)cc1O. The largest absolute Gasteiger partial charge is 0.508 e. The van der Waals surface area contributed by atoms with Gasteiger partial charge in [0, 0.05) is 12.1 Å². The van der Waals surface area contributed by atoms with E-state index in [9.17, 15) is 15.3 Å². The molecule has 0 amide bonds. The van der Waals surface area contributed by atoms with E-state index in [2.05, 4.69) is 0 Å². The zero-order valence-electron chi connectivity index (χ0n) is 19.1. The highest BCUT2D eigenvalue weighted by Crippen LogP contribution is 2.45. The van der Waals surface area contributed by atoms with Crippen molar-refractivity contribution < 1.29 is 20.1 Å². The minimum absolute atomic E-state index is 0.141. The number of ether oxygens (including phenoxy) is 1. The molecule has 0 aliphatic carbocycles. The number of para-hydroxylation sites is 2. The molecule has 0 unspecified atom stereocenters. The Kier molecular flexibility index (Phi) is 5.88. The van der Waals surface area contributed by atoms with E-state index in [1.54, 1.807) is 30.3 Å². The lowest BCUT2D eigenvalue weighted by atomic mass is 10.1. The highest BCUT2D eigenvalue weighted by Gasteiger charge is 2.22. The van der Waals surface area contributed by atoms with Crippen LogP contribution >= 0.6 is 0 Å². The van der Waals surface area contributed by atoms with Crippen LogP contribution in [0.5, 0.6) is 28.7 Å². The lowest BCUT2D eigenvalue weighted by Crippen LogP contribution is -2.13. The number of benzene rings is 4. The molecule has 0 saturated heterocycles. The van der Waals surface area contributed by atoms with Crippen molar-refractivity contribution in [3.05, 3.63) is 95.1 Å². The second kappa shape index (κ2) is 8.79. The fourth-order valence-electron chi connectivity index (χ4n) is 3.80. The molecule has 5 heteroatoms. The van der Waals surface area contributed by atoms with Gasteiger partial charge in [-0.05, 0) is 86.3 Å². The molecule has 4 rings (SSSR count). The fourth-order valence-corrected chi connectivity index (χ4v) is 3.80. The Balaban J connectivity index is 1.93. The van der Waals surface area contributed by atoms with E-state index in [1.807, 2.05) is 75.1 Å². The predicted octanol–water partition coefficient (Wildman–Crippen LogP) is 7.30. The van der Waals surface area contributed by atoms with Crippen LogP contribution in [0.2, 0.25) is 0 Å². The molecular weight excluding hydrogens is 414 g/mol. The summed E-state index contributed by atoms with van der Waals surface area (Å²) in [4.78, 5) is 1.97. The molecule has 4 aromatic rings. The molecule has 0 aliphatic heterocycles. The molecule has 0 aliphatic rings. The molecule has 0 radical (unpaired) electrons. The molecule has 0 heterocycles. The van der Waals surface area contributed by atoms with Crippen LogP contribution in [0.3, 0.4) is 0 Å². The summed E-state index contributed by atoms with van der Waals surface area (Å²) in [5.41, 5.74) is 5.69. The molecule has 0 saturated carbocycles. The van der Waals surface area contributed by atoms with Gasteiger partial charge in [-0.1, -0.05) is 24.3 Å². The first-order chi connectivity index (χ1) is 15.7. The first kappa shape index (κ1) is 22.1. The molecule has 168 valence electrons. The van der Waals surface area contributed by atoms with Crippen LogP contribution in [0.1, 0.15) is 22.3 Å². The molecule has 33 heavy (non-hydrogen) atoms. The minimum atomic E-state index is 0.141. The van der Waals surface area contributed by atoms with Gasteiger partial charge in [-0.2, -0.15) is 0 Å². The maximum absolute atomic E-state index is 10.3. The Bertz CT molecular complexity index is 1280. The normalized spacial score (nSPS) is 10.8. The Hall–Kier alpha value is -4.12. The van der Waals surface area contributed by atoms with Gasteiger partial charge in [0.1, 0.15) is 23.0 Å². The van der Waals surface area contributed by atoms with E-state index in [0.717, 1.165) is 39.3 Å². The standard InChI is InChI=1S/C28H27NO4/c1-17-9-11-21(30)15-24(17)29(25-16-22(31)12-10-18(25)2)23-7-5-6-8-27(23)33-28-14-19(3)26(32)13-20(28)4/h5-16,30-32H,1-4H3. The molecule has 5 nitrogen and oxygen atoms in total.